The molecule has 1 N–H and O–H groups in total. The summed E-state index contributed by atoms with van der Waals surface area (Å²) in [5.74, 6) is -0.415. The van der Waals surface area contributed by atoms with Crippen molar-refractivity contribution < 1.29 is 15.0 Å². The molecule has 14 heavy (non-hydrogen) atoms. The molecule has 1 rings (SSSR count). The smallest absolute Gasteiger partial charge is 0.363 e. The lowest BCUT2D eigenvalue weighted by atomic mass is 10.2. The Balaban J connectivity index is 3.53. The number of hydrogen-bond acceptors (Lipinski definition) is 5. The number of aromatic hydroxyl groups is 1. The lowest BCUT2D eigenvalue weighted by Crippen LogP contribution is -1.97. The fourth-order valence-electron chi connectivity index (χ4n) is 0.865. The Kier molecular flexibility index (Phi) is 2.65. The summed E-state index contributed by atoms with van der Waals surface area (Å²) in [7, 11) is 0. The van der Waals surface area contributed by atoms with Crippen LogP contribution in [0.15, 0.2) is 16.6 Å². The molecule has 0 unspecified atom stereocenters. The van der Waals surface area contributed by atoms with Gasteiger partial charge >= 0.3 is 11.4 Å². The van der Waals surface area contributed by atoms with Gasteiger partial charge in [-0.1, -0.05) is 0 Å². The monoisotopic (exact) mass is 262 g/mol. The molecule has 1 aromatic rings. The summed E-state index contributed by atoms with van der Waals surface area (Å²) in [5, 5.41) is 29.9. The number of halogens is 1. The molecule has 0 spiro atoms. The van der Waals surface area contributed by atoms with E-state index in [1.54, 1.807) is 0 Å². The fourth-order valence-corrected chi connectivity index (χ4v) is 1.34. The summed E-state index contributed by atoms with van der Waals surface area (Å²) in [6.07, 6.45) is 0. The summed E-state index contributed by atoms with van der Waals surface area (Å²) < 4.78 is -0.295. The largest absolute Gasteiger partial charge is 0.506 e. The molecular weight excluding hydrogens is 260 g/mol. The van der Waals surface area contributed by atoms with E-state index in [2.05, 4.69) is 15.9 Å². The molecule has 0 aliphatic carbocycles. The Morgan fingerprint density at radius 2 is 1.79 bits per heavy atom. The second-order valence-electron chi connectivity index (χ2n) is 2.28. The van der Waals surface area contributed by atoms with Crippen molar-refractivity contribution in [2.75, 3.05) is 0 Å². The lowest BCUT2D eigenvalue weighted by molar-refractivity contribution is -0.423. The summed E-state index contributed by atoms with van der Waals surface area (Å²) in [6.45, 7) is 0. The summed E-state index contributed by atoms with van der Waals surface area (Å²) in [4.78, 5) is 19.0. The third kappa shape index (κ3) is 1.64. The van der Waals surface area contributed by atoms with Crippen molar-refractivity contribution in [1.82, 2.24) is 0 Å². The number of nitro benzene ring substituents is 2. The highest BCUT2D eigenvalue weighted by Crippen LogP contribution is 2.39. The van der Waals surface area contributed by atoms with Crippen LogP contribution in [-0.2, 0) is 0 Å². The molecule has 0 aliphatic rings. The van der Waals surface area contributed by atoms with Crippen LogP contribution < -0.4 is 0 Å². The second kappa shape index (κ2) is 3.58. The van der Waals surface area contributed by atoms with Gasteiger partial charge in [-0.25, -0.2) is 0 Å². The molecule has 0 aromatic heterocycles. The first-order chi connectivity index (χ1) is 6.45. The molecule has 7 nitrogen and oxygen atoms in total. The number of phenols is 1. The minimum Gasteiger partial charge on any atom is -0.506 e. The maximum absolute atomic E-state index is 10.5. The third-order valence-electron chi connectivity index (χ3n) is 1.45. The van der Waals surface area contributed by atoms with Crippen LogP contribution in [0.2, 0.25) is 0 Å². The minimum atomic E-state index is -0.929. The van der Waals surface area contributed by atoms with Gasteiger partial charge in [-0.15, -0.1) is 0 Å². The Labute approximate surface area is 85.4 Å². The van der Waals surface area contributed by atoms with E-state index in [4.69, 9.17) is 5.11 Å². The van der Waals surface area contributed by atoms with E-state index in [1.807, 2.05) is 0 Å². The number of nitro groups is 2. The number of nitrogens with zero attached hydrogens (tertiary/aromatic N) is 2. The zero-order valence-electron chi connectivity index (χ0n) is 6.51. The van der Waals surface area contributed by atoms with Crippen LogP contribution in [0.5, 0.6) is 5.75 Å². The molecule has 0 amide bonds. The van der Waals surface area contributed by atoms with Crippen molar-refractivity contribution in [3.63, 3.8) is 0 Å². The lowest BCUT2D eigenvalue weighted by Gasteiger charge is -1.98. The van der Waals surface area contributed by atoms with Crippen LogP contribution >= 0.6 is 15.9 Å². The average Bonchev–Trinajstić information content (AvgIpc) is 2.08. The maximum Gasteiger partial charge on any atom is 0.363 e. The molecular formula is C6H3BrN2O5. The normalized spacial score (nSPS) is 9.79. The van der Waals surface area contributed by atoms with Crippen molar-refractivity contribution in [2.45, 2.75) is 0 Å². The van der Waals surface area contributed by atoms with Crippen LogP contribution in [0.25, 0.3) is 0 Å². The van der Waals surface area contributed by atoms with Gasteiger partial charge in [-0.3, -0.25) is 20.2 Å². The Morgan fingerprint density at radius 3 is 2.21 bits per heavy atom. The van der Waals surface area contributed by atoms with E-state index in [0.717, 1.165) is 12.1 Å². The Bertz CT molecular complexity index is 419. The molecule has 0 fully saturated rings. The number of benzene rings is 1. The van der Waals surface area contributed by atoms with Crippen LogP contribution in [0.1, 0.15) is 0 Å². The van der Waals surface area contributed by atoms with Gasteiger partial charge in [-0.2, -0.15) is 0 Å². The van der Waals surface area contributed by atoms with E-state index in [-0.39, 0.29) is 4.47 Å². The van der Waals surface area contributed by atoms with E-state index in [0.29, 0.717) is 0 Å². The third-order valence-corrected chi connectivity index (χ3v) is 2.24. The molecule has 0 atom stereocenters. The first-order valence-electron chi connectivity index (χ1n) is 3.25. The molecule has 1 aromatic carbocycles. The van der Waals surface area contributed by atoms with E-state index in [1.165, 1.54) is 0 Å². The van der Waals surface area contributed by atoms with E-state index in [9.17, 15) is 20.2 Å². The predicted molar refractivity (Wildman–Crippen MR) is 49.1 cm³/mol. The maximum atomic E-state index is 10.5. The molecule has 0 saturated heterocycles. The van der Waals surface area contributed by atoms with Crippen LogP contribution in [0, 0.1) is 20.2 Å². The molecule has 0 bridgehead atoms. The van der Waals surface area contributed by atoms with Gasteiger partial charge in [0.15, 0.2) is 0 Å². The van der Waals surface area contributed by atoms with Crippen molar-refractivity contribution in [3.05, 3.63) is 36.8 Å². The van der Waals surface area contributed by atoms with Gasteiger partial charge < -0.3 is 5.11 Å². The first-order valence-corrected chi connectivity index (χ1v) is 4.04. The van der Waals surface area contributed by atoms with Gasteiger partial charge in [0.1, 0.15) is 10.2 Å². The summed E-state index contributed by atoms with van der Waals surface area (Å²) in [5.41, 5.74) is -1.42. The van der Waals surface area contributed by atoms with Crippen molar-refractivity contribution in [3.8, 4) is 5.75 Å². The highest BCUT2D eigenvalue weighted by molar-refractivity contribution is 9.10. The number of phenolic OH excluding ortho intramolecular Hbond substituents is 1. The molecule has 0 radical (unpaired) electrons. The Morgan fingerprint density at radius 1 is 1.21 bits per heavy atom. The first kappa shape index (κ1) is 10.4. The van der Waals surface area contributed by atoms with Crippen LogP contribution in [0.4, 0.5) is 11.4 Å². The molecule has 8 heteroatoms. The van der Waals surface area contributed by atoms with Crippen LogP contribution in [-0.4, -0.2) is 15.0 Å². The fraction of sp³-hybridized carbons (Fsp3) is 0. The van der Waals surface area contributed by atoms with Gasteiger partial charge in [0.2, 0.25) is 0 Å². The van der Waals surface area contributed by atoms with E-state index >= 15 is 0 Å². The predicted octanol–water partition coefficient (Wildman–Crippen LogP) is 1.97. The van der Waals surface area contributed by atoms with Gasteiger partial charge in [-0.05, 0) is 22.0 Å². The summed E-state index contributed by atoms with van der Waals surface area (Å²) in [6, 6.07) is 1.88. The van der Waals surface area contributed by atoms with Crippen LogP contribution in [0.3, 0.4) is 0 Å². The highest BCUT2D eigenvalue weighted by atomic mass is 79.9. The quantitative estimate of drug-likeness (QED) is 0.648. The number of hydrogen-bond donors (Lipinski definition) is 1. The van der Waals surface area contributed by atoms with Crippen molar-refractivity contribution in [2.24, 2.45) is 0 Å². The van der Waals surface area contributed by atoms with Crippen molar-refractivity contribution in [1.29, 1.82) is 0 Å². The minimum absolute atomic E-state index is 0.295. The molecule has 0 aliphatic heterocycles. The van der Waals surface area contributed by atoms with Gasteiger partial charge in [0, 0.05) is 6.07 Å². The van der Waals surface area contributed by atoms with Crippen molar-refractivity contribution >= 4 is 27.3 Å². The second-order valence-corrected chi connectivity index (χ2v) is 3.07. The Hall–Kier alpha value is -1.70. The molecule has 74 valence electrons. The number of rotatable bonds is 2. The van der Waals surface area contributed by atoms with Gasteiger partial charge in [0.05, 0.1) is 9.85 Å². The molecule has 0 heterocycles. The standard InChI is InChI=1S/C6H3BrN2O5/c7-5-4(10)2-1-3(8(11)12)6(5)9(13)14/h1-2,10H. The zero-order valence-corrected chi connectivity index (χ0v) is 8.09. The van der Waals surface area contributed by atoms with Gasteiger partial charge in [0.25, 0.3) is 0 Å². The molecule has 0 saturated carbocycles. The topological polar surface area (TPSA) is 107 Å². The summed E-state index contributed by atoms with van der Waals surface area (Å²) >= 11 is 2.70. The zero-order chi connectivity index (χ0) is 10.9. The average molecular weight is 263 g/mol. The highest BCUT2D eigenvalue weighted by Gasteiger charge is 2.29. The SMILES string of the molecule is O=[N+]([O-])c1ccc(O)c(Br)c1[N+](=O)[O-]. The van der Waals surface area contributed by atoms with E-state index < -0.39 is 27.0 Å².